The maximum absolute atomic E-state index is 12.6. The first-order valence-corrected chi connectivity index (χ1v) is 9.94. The molecule has 1 aliphatic heterocycles. The zero-order chi connectivity index (χ0) is 19.3. The zero-order valence-electron chi connectivity index (χ0n) is 15.0. The molecule has 0 spiro atoms. The largest absolute Gasteiger partial charge is 0.497 e. The van der Waals surface area contributed by atoms with Gasteiger partial charge >= 0.3 is 5.97 Å². The fourth-order valence-corrected chi connectivity index (χ4v) is 4.10. The molecule has 0 aromatic heterocycles. The van der Waals surface area contributed by atoms with Crippen LogP contribution >= 0.6 is 0 Å². The van der Waals surface area contributed by atoms with Gasteiger partial charge in [-0.15, -0.1) is 0 Å². The molecule has 0 radical (unpaired) electrons. The number of nitrogens with zero attached hydrogens (tertiary/aromatic N) is 1. The highest BCUT2D eigenvalue weighted by Gasteiger charge is 2.26. The van der Waals surface area contributed by atoms with Crippen molar-refractivity contribution in [2.45, 2.75) is 11.3 Å². The summed E-state index contributed by atoms with van der Waals surface area (Å²) in [6.45, 7) is 1.45. The number of carbonyl (C=O) groups is 1. The third-order valence-corrected chi connectivity index (χ3v) is 6.08. The third-order valence-electron chi connectivity index (χ3n) is 4.17. The van der Waals surface area contributed by atoms with E-state index < -0.39 is 16.0 Å². The van der Waals surface area contributed by atoms with Gasteiger partial charge < -0.3 is 14.2 Å². The Balaban J connectivity index is 1.61. The molecule has 144 valence electrons. The summed E-state index contributed by atoms with van der Waals surface area (Å²) in [5.74, 6) is 0.586. The van der Waals surface area contributed by atoms with Crippen molar-refractivity contribution >= 4 is 16.0 Å². The van der Waals surface area contributed by atoms with Gasteiger partial charge in [0, 0.05) is 13.1 Å². The van der Waals surface area contributed by atoms with E-state index in [2.05, 4.69) is 0 Å². The maximum Gasteiger partial charge on any atom is 0.315 e. The number of ether oxygens (including phenoxy) is 3. The monoisotopic (exact) mass is 391 g/mol. The van der Waals surface area contributed by atoms with Gasteiger partial charge in [-0.25, -0.2) is 8.42 Å². The Bertz CT molecular complexity index is 871. The number of benzene rings is 2. The molecular weight excluding hydrogens is 370 g/mol. The standard InChI is InChI=1S/C19H21NO6S/c1-24-16-4-2-15(3-5-16)14-19(21)26-17-6-8-18(9-7-17)27(22,23)20-10-12-25-13-11-20/h2-9H,10-14H2,1H3. The molecule has 0 amide bonds. The number of morpholine rings is 1. The molecule has 1 saturated heterocycles. The van der Waals surface area contributed by atoms with Crippen molar-refractivity contribution in [3.05, 3.63) is 54.1 Å². The summed E-state index contributed by atoms with van der Waals surface area (Å²) < 4.78 is 42.1. The van der Waals surface area contributed by atoms with E-state index in [0.29, 0.717) is 37.8 Å². The van der Waals surface area contributed by atoms with Crippen LogP contribution in [0.1, 0.15) is 5.56 Å². The molecule has 1 fully saturated rings. The molecule has 0 N–H and O–H groups in total. The number of hydrogen-bond acceptors (Lipinski definition) is 6. The molecular formula is C19H21NO6S. The van der Waals surface area contributed by atoms with Crippen molar-refractivity contribution in [2.75, 3.05) is 33.4 Å². The summed E-state index contributed by atoms with van der Waals surface area (Å²) in [5, 5.41) is 0. The molecule has 0 unspecified atom stereocenters. The fourth-order valence-electron chi connectivity index (χ4n) is 2.69. The van der Waals surface area contributed by atoms with Crippen LogP contribution in [0.3, 0.4) is 0 Å². The Morgan fingerprint density at radius 3 is 2.19 bits per heavy atom. The van der Waals surface area contributed by atoms with Crippen LogP contribution in [-0.2, 0) is 26.0 Å². The molecule has 0 atom stereocenters. The van der Waals surface area contributed by atoms with Crippen LogP contribution in [0.4, 0.5) is 0 Å². The van der Waals surface area contributed by atoms with Crippen molar-refractivity contribution in [1.29, 1.82) is 0 Å². The molecule has 2 aromatic carbocycles. The van der Waals surface area contributed by atoms with Crippen LogP contribution in [0.15, 0.2) is 53.4 Å². The van der Waals surface area contributed by atoms with Crippen molar-refractivity contribution in [3.8, 4) is 11.5 Å². The van der Waals surface area contributed by atoms with E-state index >= 15 is 0 Å². The number of hydrogen-bond donors (Lipinski definition) is 0. The Morgan fingerprint density at radius 1 is 1.00 bits per heavy atom. The molecule has 7 nitrogen and oxygen atoms in total. The van der Waals surface area contributed by atoms with Gasteiger partial charge in [0.25, 0.3) is 0 Å². The Hall–Kier alpha value is -2.42. The van der Waals surface area contributed by atoms with Crippen molar-refractivity contribution in [2.24, 2.45) is 0 Å². The maximum atomic E-state index is 12.6. The first kappa shape index (κ1) is 19.3. The Morgan fingerprint density at radius 2 is 1.59 bits per heavy atom. The SMILES string of the molecule is COc1ccc(CC(=O)Oc2ccc(S(=O)(=O)N3CCOCC3)cc2)cc1. The van der Waals surface area contributed by atoms with Crippen LogP contribution in [0.25, 0.3) is 0 Å². The van der Waals surface area contributed by atoms with Gasteiger partial charge in [-0.2, -0.15) is 4.31 Å². The van der Waals surface area contributed by atoms with Gasteiger partial charge in [-0.05, 0) is 42.0 Å². The first-order chi connectivity index (χ1) is 13.0. The van der Waals surface area contributed by atoms with Crippen molar-refractivity contribution in [1.82, 2.24) is 4.31 Å². The highest BCUT2D eigenvalue weighted by molar-refractivity contribution is 7.89. The predicted octanol–water partition coefficient (Wildman–Crippen LogP) is 1.86. The van der Waals surface area contributed by atoms with E-state index in [1.807, 2.05) is 0 Å². The lowest BCUT2D eigenvalue weighted by molar-refractivity contribution is -0.133. The fraction of sp³-hybridized carbons (Fsp3) is 0.316. The van der Waals surface area contributed by atoms with Crippen LogP contribution in [0.2, 0.25) is 0 Å². The zero-order valence-corrected chi connectivity index (χ0v) is 15.8. The van der Waals surface area contributed by atoms with Crippen molar-refractivity contribution < 1.29 is 27.4 Å². The smallest absolute Gasteiger partial charge is 0.315 e. The van der Waals surface area contributed by atoms with Gasteiger partial charge in [0.05, 0.1) is 31.6 Å². The summed E-state index contributed by atoms with van der Waals surface area (Å²) in [4.78, 5) is 12.2. The summed E-state index contributed by atoms with van der Waals surface area (Å²) in [7, 11) is -1.99. The molecule has 8 heteroatoms. The van der Waals surface area contributed by atoms with Gasteiger partial charge in [-0.1, -0.05) is 12.1 Å². The van der Waals surface area contributed by atoms with E-state index in [1.165, 1.54) is 28.6 Å². The third kappa shape index (κ3) is 4.85. The summed E-state index contributed by atoms with van der Waals surface area (Å²) in [5.41, 5.74) is 0.798. The second kappa shape index (κ2) is 8.51. The van der Waals surface area contributed by atoms with Crippen LogP contribution in [0, 0.1) is 0 Å². The van der Waals surface area contributed by atoms with Crippen LogP contribution in [0.5, 0.6) is 11.5 Å². The molecule has 0 aliphatic carbocycles. The van der Waals surface area contributed by atoms with Crippen LogP contribution < -0.4 is 9.47 Å². The van der Waals surface area contributed by atoms with Crippen LogP contribution in [-0.4, -0.2) is 52.1 Å². The van der Waals surface area contributed by atoms with E-state index in [0.717, 1.165) is 5.56 Å². The van der Waals surface area contributed by atoms with E-state index in [4.69, 9.17) is 14.2 Å². The van der Waals surface area contributed by atoms with Gasteiger partial charge in [0.1, 0.15) is 11.5 Å². The number of sulfonamides is 1. The second-order valence-corrected chi connectivity index (χ2v) is 7.92. The average Bonchev–Trinajstić information content (AvgIpc) is 2.69. The number of rotatable bonds is 6. The van der Waals surface area contributed by atoms with Gasteiger partial charge in [-0.3, -0.25) is 4.79 Å². The Labute approximate surface area is 158 Å². The normalized spacial score (nSPS) is 15.3. The molecule has 1 heterocycles. The lowest BCUT2D eigenvalue weighted by Crippen LogP contribution is -2.40. The minimum absolute atomic E-state index is 0.109. The summed E-state index contributed by atoms with van der Waals surface area (Å²) in [6, 6.07) is 13.0. The molecule has 2 aromatic rings. The number of carbonyl (C=O) groups excluding carboxylic acids is 1. The minimum atomic E-state index is -3.56. The molecule has 1 aliphatic rings. The number of methoxy groups -OCH3 is 1. The van der Waals surface area contributed by atoms with E-state index in [1.54, 1.807) is 31.4 Å². The van der Waals surface area contributed by atoms with E-state index in [9.17, 15) is 13.2 Å². The molecule has 27 heavy (non-hydrogen) atoms. The lowest BCUT2D eigenvalue weighted by atomic mass is 10.1. The Kier molecular flexibility index (Phi) is 6.10. The quantitative estimate of drug-likeness (QED) is 0.552. The summed E-state index contributed by atoms with van der Waals surface area (Å²) in [6.07, 6.45) is 0.109. The lowest BCUT2D eigenvalue weighted by Gasteiger charge is -2.26. The second-order valence-electron chi connectivity index (χ2n) is 5.99. The topological polar surface area (TPSA) is 82.1 Å². The van der Waals surface area contributed by atoms with Gasteiger partial charge in [0.15, 0.2) is 0 Å². The average molecular weight is 391 g/mol. The molecule has 0 bridgehead atoms. The highest BCUT2D eigenvalue weighted by Crippen LogP contribution is 2.21. The molecule has 0 saturated carbocycles. The minimum Gasteiger partial charge on any atom is -0.497 e. The number of esters is 1. The van der Waals surface area contributed by atoms with Gasteiger partial charge in [0.2, 0.25) is 10.0 Å². The predicted molar refractivity (Wildman–Crippen MR) is 98.4 cm³/mol. The first-order valence-electron chi connectivity index (χ1n) is 8.50. The highest BCUT2D eigenvalue weighted by atomic mass is 32.2. The van der Waals surface area contributed by atoms with Crippen molar-refractivity contribution in [3.63, 3.8) is 0 Å². The summed E-state index contributed by atoms with van der Waals surface area (Å²) >= 11 is 0. The molecule has 3 rings (SSSR count). The van der Waals surface area contributed by atoms with E-state index in [-0.39, 0.29) is 11.3 Å².